The van der Waals surface area contributed by atoms with Crippen molar-refractivity contribution in [1.82, 2.24) is 9.99 Å². The molecule has 0 unspecified atom stereocenters. The number of nitrogens with zero attached hydrogens (tertiary/aromatic N) is 3. The number of aromatic nitrogens is 1. The summed E-state index contributed by atoms with van der Waals surface area (Å²) < 4.78 is 16.3. The first-order valence-corrected chi connectivity index (χ1v) is 10.1. The molecule has 0 aliphatic carbocycles. The summed E-state index contributed by atoms with van der Waals surface area (Å²) in [6, 6.07) is 14.3. The SMILES string of the molecule is Cc1cc(C=NNC(=O)c2cc3cc([N+](=O)[O-])ccc3s2)c(C)n1-c1cccc(F)c1. The average molecular weight is 436 g/mol. The number of nitro benzene ring substituents is 1. The van der Waals surface area contributed by atoms with Crippen LogP contribution in [0.1, 0.15) is 26.6 Å². The van der Waals surface area contributed by atoms with Crippen molar-refractivity contribution < 1.29 is 14.1 Å². The second kappa shape index (κ2) is 8.11. The van der Waals surface area contributed by atoms with Crippen LogP contribution in [0.3, 0.4) is 0 Å². The summed E-state index contributed by atoms with van der Waals surface area (Å²) in [6.45, 7) is 3.80. The van der Waals surface area contributed by atoms with E-state index in [1.165, 1.54) is 41.8 Å². The Morgan fingerprint density at radius 2 is 2.00 bits per heavy atom. The van der Waals surface area contributed by atoms with E-state index in [1.807, 2.05) is 30.5 Å². The minimum Gasteiger partial charge on any atom is -0.318 e. The number of hydrazone groups is 1. The second-order valence-electron chi connectivity index (χ2n) is 6.93. The molecule has 0 saturated heterocycles. The Hall–Kier alpha value is -3.85. The summed E-state index contributed by atoms with van der Waals surface area (Å²) in [4.78, 5) is 23.3. The van der Waals surface area contributed by atoms with Gasteiger partial charge in [-0.25, -0.2) is 9.82 Å². The number of hydrogen-bond acceptors (Lipinski definition) is 5. The third-order valence-corrected chi connectivity index (χ3v) is 5.96. The Balaban J connectivity index is 1.52. The van der Waals surface area contributed by atoms with E-state index < -0.39 is 10.8 Å². The number of non-ortho nitro benzene ring substituents is 1. The molecule has 2 aromatic heterocycles. The Labute approximate surface area is 180 Å². The molecule has 156 valence electrons. The predicted octanol–water partition coefficient (Wildman–Crippen LogP) is 5.12. The molecule has 0 fully saturated rings. The lowest BCUT2D eigenvalue weighted by Gasteiger charge is -2.09. The fourth-order valence-electron chi connectivity index (χ4n) is 3.40. The van der Waals surface area contributed by atoms with Crippen molar-refractivity contribution in [2.75, 3.05) is 0 Å². The summed E-state index contributed by atoms with van der Waals surface area (Å²) in [5.41, 5.74) is 5.72. The maximum Gasteiger partial charge on any atom is 0.281 e. The van der Waals surface area contributed by atoms with Gasteiger partial charge in [-0.2, -0.15) is 5.10 Å². The molecule has 31 heavy (non-hydrogen) atoms. The molecule has 7 nitrogen and oxygen atoms in total. The molecular weight excluding hydrogens is 419 g/mol. The van der Waals surface area contributed by atoms with Crippen LogP contribution in [0, 0.1) is 29.8 Å². The van der Waals surface area contributed by atoms with Gasteiger partial charge in [0.25, 0.3) is 11.6 Å². The number of nitrogens with one attached hydrogen (secondary N) is 1. The summed E-state index contributed by atoms with van der Waals surface area (Å²) in [5, 5.41) is 15.6. The van der Waals surface area contributed by atoms with Crippen molar-refractivity contribution in [3.63, 3.8) is 0 Å². The maximum atomic E-state index is 13.6. The summed E-state index contributed by atoms with van der Waals surface area (Å²) in [6.07, 6.45) is 1.54. The number of carbonyl (C=O) groups excluding carboxylic acids is 1. The van der Waals surface area contributed by atoms with Crippen molar-refractivity contribution in [3.05, 3.63) is 92.4 Å². The third kappa shape index (κ3) is 4.08. The number of carbonyl (C=O) groups is 1. The van der Waals surface area contributed by atoms with E-state index in [0.29, 0.717) is 16.0 Å². The molecule has 2 aromatic carbocycles. The molecule has 4 aromatic rings. The van der Waals surface area contributed by atoms with Gasteiger partial charge in [0.1, 0.15) is 5.82 Å². The van der Waals surface area contributed by atoms with Gasteiger partial charge in [-0.05, 0) is 50.2 Å². The molecule has 0 bridgehead atoms. The van der Waals surface area contributed by atoms with Crippen LogP contribution >= 0.6 is 11.3 Å². The molecule has 1 N–H and O–H groups in total. The Kier molecular flexibility index (Phi) is 5.35. The Morgan fingerprint density at radius 3 is 2.74 bits per heavy atom. The molecule has 4 rings (SSSR count). The zero-order chi connectivity index (χ0) is 22.1. The zero-order valence-electron chi connectivity index (χ0n) is 16.6. The average Bonchev–Trinajstić information content (AvgIpc) is 3.28. The van der Waals surface area contributed by atoms with Gasteiger partial charge in [0, 0.05) is 44.9 Å². The van der Waals surface area contributed by atoms with Gasteiger partial charge in [0.2, 0.25) is 0 Å². The van der Waals surface area contributed by atoms with Gasteiger partial charge in [-0.3, -0.25) is 14.9 Å². The molecule has 0 radical (unpaired) electrons. The van der Waals surface area contributed by atoms with E-state index in [4.69, 9.17) is 0 Å². The first-order valence-electron chi connectivity index (χ1n) is 9.30. The van der Waals surface area contributed by atoms with E-state index in [-0.39, 0.29) is 11.5 Å². The highest BCUT2D eigenvalue weighted by Crippen LogP contribution is 2.29. The van der Waals surface area contributed by atoms with Gasteiger partial charge in [-0.15, -0.1) is 11.3 Å². The zero-order valence-corrected chi connectivity index (χ0v) is 17.4. The van der Waals surface area contributed by atoms with Gasteiger partial charge in [0.15, 0.2) is 0 Å². The topological polar surface area (TPSA) is 89.5 Å². The number of halogens is 1. The molecule has 2 heterocycles. The number of rotatable bonds is 5. The number of amides is 1. The van der Waals surface area contributed by atoms with Crippen LogP contribution in [-0.2, 0) is 0 Å². The number of thiophene rings is 1. The summed E-state index contributed by atoms with van der Waals surface area (Å²) >= 11 is 1.23. The van der Waals surface area contributed by atoms with Crippen molar-refractivity contribution in [1.29, 1.82) is 0 Å². The van der Waals surface area contributed by atoms with E-state index in [1.54, 1.807) is 18.2 Å². The molecule has 0 spiro atoms. The maximum absolute atomic E-state index is 13.6. The van der Waals surface area contributed by atoms with Crippen LogP contribution in [0.5, 0.6) is 0 Å². The van der Waals surface area contributed by atoms with Crippen molar-refractivity contribution in [2.45, 2.75) is 13.8 Å². The predicted molar refractivity (Wildman–Crippen MR) is 119 cm³/mol. The van der Waals surface area contributed by atoms with Crippen molar-refractivity contribution in [2.24, 2.45) is 5.10 Å². The first kappa shape index (κ1) is 20.4. The molecular formula is C22H17FN4O3S. The van der Waals surface area contributed by atoms with E-state index in [2.05, 4.69) is 10.5 Å². The summed E-state index contributed by atoms with van der Waals surface area (Å²) in [7, 11) is 0. The lowest BCUT2D eigenvalue weighted by molar-refractivity contribution is -0.384. The van der Waals surface area contributed by atoms with Crippen molar-refractivity contribution >= 4 is 39.2 Å². The molecule has 0 aliphatic rings. The van der Waals surface area contributed by atoms with Crippen LogP contribution in [-0.4, -0.2) is 21.6 Å². The van der Waals surface area contributed by atoms with E-state index in [9.17, 15) is 19.3 Å². The lowest BCUT2D eigenvalue weighted by Crippen LogP contribution is -2.16. The van der Waals surface area contributed by atoms with E-state index in [0.717, 1.165) is 21.7 Å². The molecule has 9 heteroatoms. The largest absolute Gasteiger partial charge is 0.318 e. The molecule has 0 aliphatic heterocycles. The quantitative estimate of drug-likeness (QED) is 0.267. The van der Waals surface area contributed by atoms with Gasteiger partial charge < -0.3 is 4.57 Å². The van der Waals surface area contributed by atoms with Crippen LogP contribution in [0.25, 0.3) is 15.8 Å². The van der Waals surface area contributed by atoms with Gasteiger partial charge in [0.05, 0.1) is 16.0 Å². The molecule has 0 atom stereocenters. The highest BCUT2D eigenvalue weighted by atomic mass is 32.1. The second-order valence-corrected chi connectivity index (χ2v) is 8.01. The van der Waals surface area contributed by atoms with Gasteiger partial charge in [-0.1, -0.05) is 6.07 Å². The fraction of sp³-hybridized carbons (Fsp3) is 0.0909. The smallest absolute Gasteiger partial charge is 0.281 e. The lowest BCUT2D eigenvalue weighted by atomic mass is 10.2. The first-order chi connectivity index (χ1) is 14.8. The van der Waals surface area contributed by atoms with Gasteiger partial charge >= 0.3 is 0 Å². The number of fused-ring (bicyclic) bond motifs is 1. The van der Waals surface area contributed by atoms with Crippen LogP contribution in [0.4, 0.5) is 10.1 Å². The minimum absolute atomic E-state index is 0.0241. The monoisotopic (exact) mass is 436 g/mol. The highest BCUT2D eigenvalue weighted by molar-refractivity contribution is 7.20. The van der Waals surface area contributed by atoms with Crippen molar-refractivity contribution in [3.8, 4) is 5.69 Å². The minimum atomic E-state index is -0.471. The summed E-state index contributed by atoms with van der Waals surface area (Å²) in [5.74, 6) is -0.722. The highest BCUT2D eigenvalue weighted by Gasteiger charge is 2.14. The Morgan fingerprint density at radius 1 is 1.19 bits per heavy atom. The van der Waals surface area contributed by atoms with Crippen LogP contribution in [0.2, 0.25) is 0 Å². The normalized spacial score (nSPS) is 11.3. The third-order valence-electron chi connectivity index (χ3n) is 4.84. The van der Waals surface area contributed by atoms with E-state index >= 15 is 0 Å². The standard InChI is InChI=1S/C22H17FN4O3S/c1-13-8-16(14(2)26(13)18-5-3-4-17(23)11-18)12-24-25-22(28)21-10-15-9-19(27(29)30)6-7-20(15)31-21/h3-12H,1-2H3,(H,25,28). The van der Waals surface area contributed by atoms with Crippen LogP contribution in [0.15, 0.2) is 59.7 Å². The molecule has 0 saturated carbocycles. The number of hydrogen-bond donors (Lipinski definition) is 1. The number of aryl methyl sites for hydroxylation is 1. The Bertz CT molecular complexity index is 1360. The number of benzene rings is 2. The fourth-order valence-corrected chi connectivity index (χ4v) is 4.34. The van der Waals surface area contributed by atoms with Crippen LogP contribution < -0.4 is 5.43 Å². The molecule has 1 amide bonds. The number of nitro groups is 1.